The number of carbonyl (C=O) groups excluding carboxylic acids is 1. The lowest BCUT2D eigenvalue weighted by Gasteiger charge is -2.14. The summed E-state index contributed by atoms with van der Waals surface area (Å²) in [6.45, 7) is 6.00. The van der Waals surface area contributed by atoms with Crippen molar-refractivity contribution in [3.8, 4) is 0 Å². The first-order valence-electron chi connectivity index (χ1n) is 6.86. The van der Waals surface area contributed by atoms with E-state index in [2.05, 4.69) is 34.6 Å². The maximum absolute atomic E-state index is 11.0. The van der Waals surface area contributed by atoms with E-state index in [0.29, 0.717) is 12.5 Å². The Balaban J connectivity index is 2.33. The number of aromatic nitrogens is 2. The molecule has 0 fully saturated rings. The molecule has 1 rings (SSSR count). The molecular formula is C14H25N3O2. The third kappa shape index (κ3) is 5.42. The summed E-state index contributed by atoms with van der Waals surface area (Å²) in [5, 5.41) is 4.56. The number of hydrogen-bond acceptors (Lipinski definition) is 4. The van der Waals surface area contributed by atoms with Crippen molar-refractivity contribution >= 4 is 5.97 Å². The SMILES string of the molecule is CCC(C)n1ccc(CN(C)CCCC(=O)OC)n1. The van der Waals surface area contributed by atoms with Gasteiger partial charge in [0.1, 0.15) is 0 Å². The molecule has 0 radical (unpaired) electrons. The average Bonchev–Trinajstić information content (AvgIpc) is 2.85. The fourth-order valence-corrected chi connectivity index (χ4v) is 1.85. The molecule has 0 aliphatic carbocycles. The highest BCUT2D eigenvalue weighted by molar-refractivity contribution is 5.69. The number of ether oxygens (including phenoxy) is 1. The summed E-state index contributed by atoms with van der Waals surface area (Å²) in [5.74, 6) is -0.144. The Morgan fingerprint density at radius 3 is 2.95 bits per heavy atom. The third-order valence-corrected chi connectivity index (χ3v) is 3.29. The van der Waals surface area contributed by atoms with Crippen molar-refractivity contribution in [1.82, 2.24) is 14.7 Å². The predicted octanol–water partition coefficient (Wildman–Crippen LogP) is 2.24. The van der Waals surface area contributed by atoms with Gasteiger partial charge in [-0.25, -0.2) is 0 Å². The molecule has 0 aromatic carbocycles. The molecule has 1 aromatic rings. The van der Waals surface area contributed by atoms with E-state index in [-0.39, 0.29) is 5.97 Å². The van der Waals surface area contributed by atoms with Crippen molar-refractivity contribution in [2.24, 2.45) is 0 Å². The smallest absolute Gasteiger partial charge is 0.305 e. The summed E-state index contributed by atoms with van der Waals surface area (Å²) < 4.78 is 6.63. The van der Waals surface area contributed by atoms with Crippen LogP contribution >= 0.6 is 0 Å². The van der Waals surface area contributed by atoms with Gasteiger partial charge in [0.05, 0.1) is 12.8 Å². The first-order valence-corrected chi connectivity index (χ1v) is 6.86. The van der Waals surface area contributed by atoms with Gasteiger partial charge in [-0.1, -0.05) is 6.92 Å². The van der Waals surface area contributed by atoms with Gasteiger partial charge >= 0.3 is 5.97 Å². The molecule has 0 aliphatic heterocycles. The highest BCUT2D eigenvalue weighted by Crippen LogP contribution is 2.10. The van der Waals surface area contributed by atoms with Gasteiger partial charge in [0.25, 0.3) is 0 Å². The molecule has 1 unspecified atom stereocenters. The van der Waals surface area contributed by atoms with Crippen LogP contribution in [0.25, 0.3) is 0 Å². The molecule has 19 heavy (non-hydrogen) atoms. The van der Waals surface area contributed by atoms with E-state index >= 15 is 0 Å². The minimum Gasteiger partial charge on any atom is -0.469 e. The Morgan fingerprint density at radius 2 is 2.32 bits per heavy atom. The van der Waals surface area contributed by atoms with Crippen LogP contribution < -0.4 is 0 Å². The van der Waals surface area contributed by atoms with Crippen molar-refractivity contribution < 1.29 is 9.53 Å². The second-order valence-corrected chi connectivity index (χ2v) is 4.96. The number of hydrogen-bond donors (Lipinski definition) is 0. The third-order valence-electron chi connectivity index (χ3n) is 3.29. The predicted molar refractivity (Wildman–Crippen MR) is 74.8 cm³/mol. The quantitative estimate of drug-likeness (QED) is 0.678. The van der Waals surface area contributed by atoms with Crippen LogP contribution in [0.4, 0.5) is 0 Å². The highest BCUT2D eigenvalue weighted by Gasteiger charge is 2.07. The zero-order valence-electron chi connectivity index (χ0n) is 12.4. The Morgan fingerprint density at radius 1 is 1.58 bits per heavy atom. The highest BCUT2D eigenvalue weighted by atomic mass is 16.5. The number of esters is 1. The van der Waals surface area contributed by atoms with Crippen LogP contribution in [0.2, 0.25) is 0 Å². The van der Waals surface area contributed by atoms with E-state index in [1.54, 1.807) is 0 Å². The lowest BCUT2D eigenvalue weighted by Crippen LogP contribution is -2.20. The Hall–Kier alpha value is -1.36. The molecule has 0 aliphatic rings. The first-order chi connectivity index (χ1) is 9.06. The second kappa shape index (κ2) is 7.94. The van der Waals surface area contributed by atoms with Gasteiger partial charge in [-0.3, -0.25) is 9.48 Å². The van der Waals surface area contributed by atoms with Crippen LogP contribution in [0.3, 0.4) is 0 Å². The Labute approximate surface area is 115 Å². The molecule has 1 aromatic heterocycles. The van der Waals surface area contributed by atoms with Crippen LogP contribution in [0.5, 0.6) is 0 Å². The largest absolute Gasteiger partial charge is 0.469 e. The van der Waals surface area contributed by atoms with Crippen LogP contribution in [0, 0.1) is 0 Å². The molecule has 0 saturated heterocycles. The fourth-order valence-electron chi connectivity index (χ4n) is 1.85. The van der Waals surface area contributed by atoms with Crippen molar-refractivity contribution in [2.45, 2.75) is 45.7 Å². The number of nitrogens with zero attached hydrogens (tertiary/aromatic N) is 3. The second-order valence-electron chi connectivity index (χ2n) is 4.96. The van der Waals surface area contributed by atoms with Crippen LogP contribution in [-0.2, 0) is 16.1 Å². The summed E-state index contributed by atoms with van der Waals surface area (Å²) in [7, 11) is 3.47. The topological polar surface area (TPSA) is 47.4 Å². The molecule has 5 heteroatoms. The van der Waals surface area contributed by atoms with Gasteiger partial charge in [0.15, 0.2) is 0 Å². The average molecular weight is 267 g/mol. The van der Waals surface area contributed by atoms with Crippen molar-refractivity contribution in [3.05, 3.63) is 18.0 Å². The molecule has 1 atom stereocenters. The lowest BCUT2D eigenvalue weighted by atomic mass is 10.3. The Kier molecular flexibility index (Phi) is 6.56. The van der Waals surface area contributed by atoms with E-state index < -0.39 is 0 Å². The van der Waals surface area contributed by atoms with Crippen LogP contribution in [0.15, 0.2) is 12.3 Å². The van der Waals surface area contributed by atoms with Crippen LogP contribution in [0.1, 0.15) is 44.8 Å². The van der Waals surface area contributed by atoms with Gasteiger partial charge in [-0.05, 0) is 39.4 Å². The molecular weight excluding hydrogens is 242 g/mol. The minimum absolute atomic E-state index is 0.144. The van der Waals surface area contributed by atoms with Gasteiger partial charge in [-0.15, -0.1) is 0 Å². The number of rotatable bonds is 8. The van der Waals surface area contributed by atoms with Gasteiger partial charge in [-0.2, -0.15) is 5.10 Å². The van der Waals surface area contributed by atoms with E-state index in [9.17, 15) is 4.79 Å². The molecule has 0 bridgehead atoms. The van der Waals surface area contributed by atoms with E-state index in [0.717, 1.165) is 31.6 Å². The van der Waals surface area contributed by atoms with E-state index in [4.69, 9.17) is 0 Å². The minimum atomic E-state index is -0.144. The molecule has 108 valence electrons. The van der Waals surface area contributed by atoms with Crippen molar-refractivity contribution in [2.75, 3.05) is 20.7 Å². The van der Waals surface area contributed by atoms with Gasteiger partial charge in [0, 0.05) is 25.2 Å². The Bertz CT molecular complexity index is 390. The number of carbonyl (C=O) groups is 1. The normalized spacial score (nSPS) is 12.7. The van der Waals surface area contributed by atoms with Gasteiger partial charge < -0.3 is 9.64 Å². The van der Waals surface area contributed by atoms with Crippen molar-refractivity contribution in [3.63, 3.8) is 0 Å². The van der Waals surface area contributed by atoms with Gasteiger partial charge in [0.2, 0.25) is 0 Å². The molecule has 0 saturated carbocycles. The van der Waals surface area contributed by atoms with Crippen molar-refractivity contribution in [1.29, 1.82) is 0 Å². The van der Waals surface area contributed by atoms with E-state index in [1.165, 1.54) is 7.11 Å². The first kappa shape index (κ1) is 15.7. The monoisotopic (exact) mass is 267 g/mol. The fraction of sp³-hybridized carbons (Fsp3) is 0.714. The summed E-state index contributed by atoms with van der Waals surface area (Å²) in [6.07, 6.45) is 4.40. The summed E-state index contributed by atoms with van der Waals surface area (Å²) >= 11 is 0. The molecule has 0 amide bonds. The van der Waals surface area contributed by atoms with Crippen LogP contribution in [-0.4, -0.2) is 41.4 Å². The number of methoxy groups -OCH3 is 1. The maximum Gasteiger partial charge on any atom is 0.305 e. The zero-order valence-corrected chi connectivity index (χ0v) is 12.4. The summed E-state index contributed by atoms with van der Waals surface area (Å²) in [4.78, 5) is 13.2. The standard InChI is InChI=1S/C14H25N3O2/c1-5-12(2)17-10-8-13(15-17)11-16(3)9-6-7-14(18)19-4/h8,10,12H,5-7,9,11H2,1-4H3. The zero-order chi connectivity index (χ0) is 14.3. The molecule has 5 nitrogen and oxygen atoms in total. The maximum atomic E-state index is 11.0. The molecule has 0 spiro atoms. The lowest BCUT2D eigenvalue weighted by molar-refractivity contribution is -0.140. The summed E-state index contributed by atoms with van der Waals surface area (Å²) in [5.41, 5.74) is 1.07. The molecule has 0 N–H and O–H groups in total. The van der Waals surface area contributed by atoms with E-state index in [1.807, 2.05) is 17.9 Å². The molecule has 1 heterocycles. The summed E-state index contributed by atoms with van der Waals surface area (Å²) in [6, 6.07) is 2.50.